The molecule has 5 rings (SSSR count). The first-order chi connectivity index (χ1) is 14.3. The lowest BCUT2D eigenvalue weighted by Gasteiger charge is -2.31. The summed E-state index contributed by atoms with van der Waals surface area (Å²) in [6, 6.07) is 20.1. The number of nitrogens with one attached hydrogen (secondary N) is 1. The van der Waals surface area contributed by atoms with Crippen LogP contribution < -0.4 is 0 Å². The molecule has 1 N–H and O–H groups in total. The van der Waals surface area contributed by atoms with Crippen molar-refractivity contribution < 1.29 is 4.79 Å². The Morgan fingerprint density at radius 2 is 1.66 bits per heavy atom. The van der Waals surface area contributed by atoms with Gasteiger partial charge in [0, 0.05) is 30.8 Å². The van der Waals surface area contributed by atoms with Crippen molar-refractivity contribution in [1.82, 2.24) is 19.9 Å². The van der Waals surface area contributed by atoms with Crippen LogP contribution in [0.15, 0.2) is 73.1 Å². The number of carbonyl (C=O) groups excluding carboxylic acids is 1. The van der Waals surface area contributed by atoms with Crippen LogP contribution >= 0.6 is 0 Å². The Bertz CT molecular complexity index is 1090. The van der Waals surface area contributed by atoms with E-state index in [-0.39, 0.29) is 5.91 Å². The van der Waals surface area contributed by atoms with Gasteiger partial charge in [-0.15, -0.1) is 0 Å². The van der Waals surface area contributed by atoms with Gasteiger partial charge in [0.25, 0.3) is 5.91 Å². The third-order valence-electron chi connectivity index (χ3n) is 5.71. The number of benzene rings is 2. The highest BCUT2D eigenvalue weighted by Crippen LogP contribution is 2.28. The number of hydrogen-bond acceptors (Lipinski definition) is 3. The van der Waals surface area contributed by atoms with E-state index in [1.54, 1.807) is 6.20 Å². The Morgan fingerprint density at radius 1 is 0.931 bits per heavy atom. The topological polar surface area (TPSA) is 61.9 Å². The second-order valence-corrected chi connectivity index (χ2v) is 7.52. The molecule has 1 aliphatic rings. The molecule has 4 aromatic rings. The van der Waals surface area contributed by atoms with Crippen molar-refractivity contribution in [3.8, 4) is 11.1 Å². The first-order valence-electron chi connectivity index (χ1n) is 10.0. The highest BCUT2D eigenvalue weighted by molar-refractivity contribution is 5.94. The largest absolute Gasteiger partial charge is 0.340 e. The molecule has 1 saturated heterocycles. The molecule has 1 amide bonds. The predicted octanol–water partition coefficient (Wildman–Crippen LogP) is 4.64. The number of carbonyl (C=O) groups is 1. The monoisotopic (exact) mass is 382 g/mol. The molecule has 0 unspecified atom stereocenters. The highest BCUT2D eigenvalue weighted by atomic mass is 16.2. The van der Waals surface area contributed by atoms with Crippen molar-refractivity contribution in [2.24, 2.45) is 0 Å². The van der Waals surface area contributed by atoms with Crippen LogP contribution in [0, 0.1) is 0 Å². The van der Waals surface area contributed by atoms with Crippen LogP contribution in [0.3, 0.4) is 0 Å². The smallest absolute Gasteiger partial charge is 0.253 e. The van der Waals surface area contributed by atoms with Crippen molar-refractivity contribution in [1.29, 1.82) is 0 Å². The normalized spacial score (nSPS) is 15.0. The molecule has 5 heteroatoms. The second kappa shape index (κ2) is 7.51. The SMILES string of the molecule is O=C(c1ccc(-c2ccccc2)cc1)N1CCC(c2nc3ccncc3[nH]2)CC1. The molecule has 0 atom stereocenters. The number of fused-ring (bicyclic) bond motifs is 1. The number of likely N-dealkylation sites (tertiary alicyclic amines) is 1. The zero-order chi connectivity index (χ0) is 19.6. The highest BCUT2D eigenvalue weighted by Gasteiger charge is 2.26. The second-order valence-electron chi connectivity index (χ2n) is 7.52. The molecule has 1 fully saturated rings. The minimum Gasteiger partial charge on any atom is -0.340 e. The van der Waals surface area contributed by atoms with Gasteiger partial charge in [-0.3, -0.25) is 9.78 Å². The molecule has 0 bridgehead atoms. The molecule has 5 nitrogen and oxygen atoms in total. The van der Waals surface area contributed by atoms with Crippen LogP contribution in [0.1, 0.15) is 34.9 Å². The van der Waals surface area contributed by atoms with E-state index in [1.807, 2.05) is 59.6 Å². The lowest BCUT2D eigenvalue weighted by Crippen LogP contribution is -2.38. The molecule has 144 valence electrons. The lowest BCUT2D eigenvalue weighted by molar-refractivity contribution is 0.0711. The quantitative estimate of drug-likeness (QED) is 0.561. The van der Waals surface area contributed by atoms with E-state index >= 15 is 0 Å². The summed E-state index contributed by atoms with van der Waals surface area (Å²) in [6.07, 6.45) is 5.41. The van der Waals surface area contributed by atoms with E-state index in [0.29, 0.717) is 5.92 Å². The van der Waals surface area contributed by atoms with E-state index < -0.39 is 0 Å². The van der Waals surface area contributed by atoms with Crippen molar-refractivity contribution >= 4 is 16.9 Å². The van der Waals surface area contributed by atoms with E-state index in [4.69, 9.17) is 4.98 Å². The van der Waals surface area contributed by atoms with Gasteiger partial charge < -0.3 is 9.88 Å². The number of H-pyrrole nitrogens is 1. The van der Waals surface area contributed by atoms with Crippen LogP contribution in [0.2, 0.25) is 0 Å². The average molecular weight is 382 g/mol. The van der Waals surface area contributed by atoms with Crippen molar-refractivity contribution in [2.75, 3.05) is 13.1 Å². The van der Waals surface area contributed by atoms with Crippen molar-refractivity contribution in [3.05, 3.63) is 84.4 Å². The Hall–Kier alpha value is -3.47. The first-order valence-corrected chi connectivity index (χ1v) is 10.0. The van der Waals surface area contributed by atoms with Gasteiger partial charge in [-0.2, -0.15) is 0 Å². The number of imidazole rings is 1. The Morgan fingerprint density at radius 3 is 2.38 bits per heavy atom. The minimum atomic E-state index is 0.108. The fraction of sp³-hybridized carbons (Fsp3) is 0.208. The molecule has 2 aromatic heterocycles. The Labute approximate surface area is 169 Å². The third kappa shape index (κ3) is 3.51. The van der Waals surface area contributed by atoms with Gasteiger partial charge >= 0.3 is 0 Å². The van der Waals surface area contributed by atoms with Crippen LogP contribution in [0.25, 0.3) is 22.2 Å². The summed E-state index contributed by atoms with van der Waals surface area (Å²) in [5.41, 5.74) is 4.96. The molecular weight excluding hydrogens is 360 g/mol. The lowest BCUT2D eigenvalue weighted by atomic mass is 9.95. The molecule has 2 aromatic carbocycles. The minimum absolute atomic E-state index is 0.108. The van der Waals surface area contributed by atoms with Crippen molar-refractivity contribution in [3.63, 3.8) is 0 Å². The van der Waals surface area contributed by atoms with Gasteiger partial charge in [0.05, 0.1) is 17.2 Å². The molecule has 3 heterocycles. The predicted molar refractivity (Wildman–Crippen MR) is 114 cm³/mol. The molecule has 29 heavy (non-hydrogen) atoms. The number of aromatic nitrogens is 3. The van der Waals surface area contributed by atoms with Gasteiger partial charge in [0.2, 0.25) is 0 Å². The molecule has 0 spiro atoms. The van der Waals surface area contributed by atoms with E-state index in [0.717, 1.165) is 59.5 Å². The van der Waals surface area contributed by atoms with Gasteiger partial charge in [-0.1, -0.05) is 42.5 Å². The molecule has 0 saturated carbocycles. The van der Waals surface area contributed by atoms with Crippen LogP contribution in [0.4, 0.5) is 0 Å². The summed E-state index contributed by atoms with van der Waals surface area (Å²) in [7, 11) is 0. The number of nitrogens with zero attached hydrogens (tertiary/aromatic N) is 3. The summed E-state index contributed by atoms with van der Waals surface area (Å²) >= 11 is 0. The van der Waals surface area contributed by atoms with Gasteiger partial charge in [-0.25, -0.2) is 4.98 Å². The first kappa shape index (κ1) is 17.6. The molecule has 1 aliphatic heterocycles. The van der Waals surface area contributed by atoms with Crippen LogP contribution in [-0.2, 0) is 0 Å². The zero-order valence-corrected chi connectivity index (χ0v) is 16.1. The zero-order valence-electron chi connectivity index (χ0n) is 16.1. The van der Waals surface area contributed by atoms with E-state index in [1.165, 1.54) is 0 Å². The van der Waals surface area contributed by atoms with E-state index in [9.17, 15) is 4.79 Å². The fourth-order valence-electron chi connectivity index (χ4n) is 4.04. The van der Waals surface area contributed by atoms with Gasteiger partial charge in [0.15, 0.2) is 0 Å². The van der Waals surface area contributed by atoms with Crippen LogP contribution in [0.5, 0.6) is 0 Å². The number of amides is 1. The number of pyridine rings is 1. The standard InChI is InChI=1S/C24H22N4O/c29-24(20-8-6-18(7-9-20)17-4-2-1-3-5-17)28-14-11-19(12-15-28)23-26-21-10-13-25-16-22(21)27-23/h1-10,13,16,19H,11-12,14-15H2,(H,26,27). The molecular formula is C24H22N4O. The van der Waals surface area contributed by atoms with E-state index in [2.05, 4.69) is 22.1 Å². The average Bonchev–Trinajstić information content (AvgIpc) is 3.24. The number of aromatic amines is 1. The summed E-state index contributed by atoms with van der Waals surface area (Å²) in [5, 5.41) is 0. The summed E-state index contributed by atoms with van der Waals surface area (Å²) in [5.74, 6) is 1.47. The number of hydrogen-bond donors (Lipinski definition) is 1. The Balaban J connectivity index is 1.25. The molecule has 0 aliphatic carbocycles. The summed E-state index contributed by atoms with van der Waals surface area (Å²) in [4.78, 5) is 27.1. The third-order valence-corrected chi connectivity index (χ3v) is 5.71. The maximum absolute atomic E-state index is 12.9. The fourth-order valence-corrected chi connectivity index (χ4v) is 4.04. The number of rotatable bonds is 3. The van der Waals surface area contributed by atoms with Crippen LogP contribution in [-0.4, -0.2) is 38.8 Å². The van der Waals surface area contributed by atoms with Gasteiger partial charge in [0.1, 0.15) is 5.82 Å². The Kier molecular flexibility index (Phi) is 4.56. The maximum atomic E-state index is 12.9. The molecule has 0 radical (unpaired) electrons. The van der Waals surface area contributed by atoms with Gasteiger partial charge in [-0.05, 0) is 42.2 Å². The summed E-state index contributed by atoms with van der Waals surface area (Å²) < 4.78 is 0. The maximum Gasteiger partial charge on any atom is 0.253 e. The number of piperidine rings is 1. The summed E-state index contributed by atoms with van der Waals surface area (Å²) in [6.45, 7) is 1.50. The van der Waals surface area contributed by atoms with Crippen molar-refractivity contribution in [2.45, 2.75) is 18.8 Å².